The third kappa shape index (κ3) is 4.81. The molecule has 1 aromatic carbocycles. The molecule has 18 heavy (non-hydrogen) atoms. The maximum atomic E-state index is 11.6. The number of alkyl halides is 1. The van der Waals surface area contributed by atoms with Crippen molar-refractivity contribution in [2.24, 2.45) is 5.92 Å². The Morgan fingerprint density at radius 3 is 2.17 bits per heavy atom. The SMILES string of the molecule is CC(C)Cc1ccc(C(C)NC(=O)C(C)Br)cc1. The van der Waals surface area contributed by atoms with E-state index in [0.717, 1.165) is 12.0 Å². The van der Waals surface area contributed by atoms with Crippen molar-refractivity contribution in [3.05, 3.63) is 35.4 Å². The molecular formula is C15H22BrNO. The number of amides is 1. The van der Waals surface area contributed by atoms with Crippen molar-refractivity contribution in [2.45, 2.75) is 45.0 Å². The van der Waals surface area contributed by atoms with Gasteiger partial charge in [-0.2, -0.15) is 0 Å². The second-order valence-electron chi connectivity index (χ2n) is 5.19. The van der Waals surface area contributed by atoms with E-state index in [1.165, 1.54) is 5.56 Å². The molecule has 0 aliphatic carbocycles. The van der Waals surface area contributed by atoms with Gasteiger partial charge < -0.3 is 5.32 Å². The molecule has 100 valence electrons. The lowest BCUT2D eigenvalue weighted by molar-refractivity contribution is -0.120. The molecule has 2 atom stereocenters. The molecular weight excluding hydrogens is 290 g/mol. The third-order valence-corrected chi connectivity index (χ3v) is 3.26. The van der Waals surface area contributed by atoms with Crippen molar-refractivity contribution in [3.8, 4) is 0 Å². The molecule has 0 heterocycles. The van der Waals surface area contributed by atoms with Crippen LogP contribution in [0.2, 0.25) is 0 Å². The molecule has 0 aliphatic rings. The average Bonchev–Trinajstić information content (AvgIpc) is 2.28. The zero-order valence-corrected chi connectivity index (χ0v) is 13.1. The van der Waals surface area contributed by atoms with Crippen LogP contribution in [0.5, 0.6) is 0 Å². The first-order valence-corrected chi connectivity index (χ1v) is 7.35. The highest BCUT2D eigenvalue weighted by atomic mass is 79.9. The Morgan fingerprint density at radius 1 is 1.17 bits per heavy atom. The monoisotopic (exact) mass is 311 g/mol. The Labute approximate surface area is 118 Å². The molecule has 1 rings (SSSR count). The largest absolute Gasteiger partial charge is 0.349 e. The molecule has 2 unspecified atom stereocenters. The topological polar surface area (TPSA) is 29.1 Å². The van der Waals surface area contributed by atoms with Gasteiger partial charge in [-0.15, -0.1) is 0 Å². The van der Waals surface area contributed by atoms with Gasteiger partial charge >= 0.3 is 0 Å². The summed E-state index contributed by atoms with van der Waals surface area (Å²) in [4.78, 5) is 11.4. The fourth-order valence-electron chi connectivity index (χ4n) is 1.83. The van der Waals surface area contributed by atoms with Crippen molar-refractivity contribution in [2.75, 3.05) is 0 Å². The smallest absolute Gasteiger partial charge is 0.233 e. The van der Waals surface area contributed by atoms with Gasteiger partial charge in [0.2, 0.25) is 5.91 Å². The van der Waals surface area contributed by atoms with Gasteiger partial charge in [-0.3, -0.25) is 4.79 Å². The minimum absolute atomic E-state index is 0.0220. The number of hydrogen-bond donors (Lipinski definition) is 1. The molecule has 1 aromatic rings. The van der Waals surface area contributed by atoms with Crippen molar-refractivity contribution < 1.29 is 4.79 Å². The fourth-order valence-corrected chi connectivity index (χ4v) is 1.96. The van der Waals surface area contributed by atoms with E-state index in [4.69, 9.17) is 0 Å². The standard InChI is InChI=1S/C15H22BrNO/c1-10(2)9-13-5-7-14(8-6-13)12(4)17-15(18)11(3)16/h5-8,10-12H,9H2,1-4H3,(H,17,18). The first-order chi connectivity index (χ1) is 8.40. The lowest BCUT2D eigenvalue weighted by Gasteiger charge is -2.16. The Hall–Kier alpha value is -0.830. The third-order valence-electron chi connectivity index (χ3n) is 2.84. The van der Waals surface area contributed by atoms with E-state index < -0.39 is 0 Å². The number of halogens is 1. The van der Waals surface area contributed by atoms with Crippen molar-refractivity contribution >= 4 is 21.8 Å². The molecule has 3 heteroatoms. The van der Waals surface area contributed by atoms with Gasteiger partial charge in [0, 0.05) is 0 Å². The average molecular weight is 312 g/mol. The summed E-state index contributed by atoms with van der Waals surface area (Å²) in [5, 5.41) is 2.97. The summed E-state index contributed by atoms with van der Waals surface area (Å²) in [6, 6.07) is 8.54. The van der Waals surface area contributed by atoms with Gasteiger partial charge in [0.1, 0.15) is 0 Å². The minimum Gasteiger partial charge on any atom is -0.349 e. The van der Waals surface area contributed by atoms with Crippen molar-refractivity contribution in [3.63, 3.8) is 0 Å². The number of hydrogen-bond acceptors (Lipinski definition) is 1. The normalized spacial score (nSPS) is 14.3. The van der Waals surface area contributed by atoms with E-state index in [-0.39, 0.29) is 16.8 Å². The molecule has 0 radical (unpaired) electrons. The molecule has 0 bridgehead atoms. The summed E-state index contributed by atoms with van der Waals surface area (Å²) in [7, 11) is 0. The lowest BCUT2D eigenvalue weighted by Crippen LogP contribution is -2.31. The first-order valence-electron chi connectivity index (χ1n) is 6.43. The summed E-state index contributed by atoms with van der Waals surface area (Å²) in [6.07, 6.45) is 1.10. The number of carbonyl (C=O) groups excluding carboxylic acids is 1. The molecule has 0 saturated heterocycles. The van der Waals surface area contributed by atoms with Crippen LogP contribution in [0.25, 0.3) is 0 Å². The summed E-state index contributed by atoms with van der Waals surface area (Å²) in [5.74, 6) is 0.691. The Morgan fingerprint density at radius 2 is 1.72 bits per heavy atom. The van der Waals surface area contributed by atoms with Crippen LogP contribution in [0, 0.1) is 5.92 Å². The zero-order valence-electron chi connectivity index (χ0n) is 11.5. The summed E-state index contributed by atoms with van der Waals surface area (Å²) >= 11 is 3.27. The lowest BCUT2D eigenvalue weighted by atomic mass is 10.00. The van der Waals surface area contributed by atoms with Gasteiger partial charge in [0.15, 0.2) is 0 Å². The van der Waals surface area contributed by atoms with E-state index >= 15 is 0 Å². The quantitative estimate of drug-likeness (QED) is 0.822. The highest BCUT2D eigenvalue weighted by Crippen LogP contribution is 2.16. The molecule has 0 aromatic heterocycles. The predicted molar refractivity (Wildman–Crippen MR) is 79.9 cm³/mol. The van der Waals surface area contributed by atoms with E-state index in [1.807, 2.05) is 13.8 Å². The van der Waals surface area contributed by atoms with E-state index in [0.29, 0.717) is 5.92 Å². The van der Waals surface area contributed by atoms with Gasteiger partial charge in [0.05, 0.1) is 10.9 Å². The van der Waals surface area contributed by atoms with Gasteiger partial charge in [-0.1, -0.05) is 54.0 Å². The Kier molecular flexibility index (Phi) is 5.86. The molecule has 1 amide bonds. The first kappa shape index (κ1) is 15.2. The maximum absolute atomic E-state index is 11.6. The van der Waals surface area contributed by atoms with E-state index in [9.17, 15) is 4.79 Å². The van der Waals surface area contributed by atoms with Crippen LogP contribution in [0.4, 0.5) is 0 Å². The maximum Gasteiger partial charge on any atom is 0.233 e. The van der Waals surface area contributed by atoms with Crippen LogP contribution in [0.3, 0.4) is 0 Å². The number of nitrogens with one attached hydrogen (secondary N) is 1. The van der Waals surface area contributed by atoms with Crippen LogP contribution >= 0.6 is 15.9 Å². The number of benzene rings is 1. The Bertz CT molecular complexity index is 384. The van der Waals surface area contributed by atoms with Crippen LogP contribution in [-0.4, -0.2) is 10.7 Å². The molecule has 0 spiro atoms. The molecule has 0 saturated carbocycles. The number of rotatable bonds is 5. The molecule has 2 nitrogen and oxygen atoms in total. The van der Waals surface area contributed by atoms with Crippen LogP contribution < -0.4 is 5.32 Å². The summed E-state index contributed by atoms with van der Waals surface area (Å²) in [6.45, 7) is 8.26. The summed E-state index contributed by atoms with van der Waals surface area (Å²) < 4.78 is 0. The van der Waals surface area contributed by atoms with Gasteiger partial charge in [0.25, 0.3) is 0 Å². The van der Waals surface area contributed by atoms with Crippen LogP contribution in [-0.2, 0) is 11.2 Å². The minimum atomic E-state index is -0.153. The van der Waals surface area contributed by atoms with Crippen molar-refractivity contribution in [1.29, 1.82) is 0 Å². The Balaban J connectivity index is 2.64. The van der Waals surface area contributed by atoms with Crippen LogP contribution in [0.1, 0.15) is 44.9 Å². The van der Waals surface area contributed by atoms with Crippen molar-refractivity contribution in [1.82, 2.24) is 5.32 Å². The van der Waals surface area contributed by atoms with Gasteiger partial charge in [-0.05, 0) is 37.3 Å². The molecule has 0 aliphatic heterocycles. The zero-order chi connectivity index (χ0) is 13.7. The fraction of sp³-hybridized carbons (Fsp3) is 0.533. The van der Waals surface area contributed by atoms with Crippen LogP contribution in [0.15, 0.2) is 24.3 Å². The molecule has 1 N–H and O–H groups in total. The van der Waals surface area contributed by atoms with E-state index in [1.54, 1.807) is 0 Å². The molecule has 0 fully saturated rings. The second kappa shape index (κ2) is 6.93. The predicted octanol–water partition coefficient (Wildman–Crippen LogP) is 3.85. The highest BCUT2D eigenvalue weighted by Gasteiger charge is 2.13. The second-order valence-corrected chi connectivity index (χ2v) is 6.56. The highest BCUT2D eigenvalue weighted by molar-refractivity contribution is 9.10. The number of carbonyl (C=O) groups is 1. The summed E-state index contributed by atoms with van der Waals surface area (Å²) in [5.41, 5.74) is 2.49. The van der Waals surface area contributed by atoms with E-state index in [2.05, 4.69) is 59.4 Å². The van der Waals surface area contributed by atoms with Gasteiger partial charge in [-0.25, -0.2) is 0 Å².